The third-order valence-electron chi connectivity index (χ3n) is 4.16. The van der Waals surface area contributed by atoms with Crippen LogP contribution in [0.25, 0.3) is 11.2 Å². The molecular weight excluding hydrogens is 326 g/mol. The van der Waals surface area contributed by atoms with E-state index in [0.717, 1.165) is 18.7 Å². The van der Waals surface area contributed by atoms with E-state index in [-0.39, 0.29) is 10.7 Å². The molecule has 0 unspecified atom stereocenters. The van der Waals surface area contributed by atoms with Gasteiger partial charge in [-0.15, -0.1) is 0 Å². The number of Topliss-reactive ketones (excluding diaryl/α,β-unsaturated/α-hetero) is 2. The van der Waals surface area contributed by atoms with Gasteiger partial charge >= 0.3 is 0 Å². The number of ketones is 2. The van der Waals surface area contributed by atoms with Gasteiger partial charge in [-0.3, -0.25) is 14.0 Å². The Labute approximate surface area is 145 Å². The predicted octanol–water partition coefficient (Wildman–Crippen LogP) is 3.21. The molecule has 24 heavy (non-hydrogen) atoms. The van der Waals surface area contributed by atoms with Crippen molar-refractivity contribution in [2.45, 2.75) is 20.8 Å². The largest absolute Gasteiger partial charge is 0.378 e. The predicted molar refractivity (Wildman–Crippen MR) is 94.1 cm³/mol. The topological polar surface area (TPSA) is 54.7 Å². The van der Waals surface area contributed by atoms with E-state index in [1.807, 2.05) is 39.1 Å². The molecule has 3 rings (SSSR count). The first-order chi connectivity index (χ1) is 11.5. The highest BCUT2D eigenvalue weighted by Crippen LogP contribution is 2.33. The normalized spacial score (nSPS) is 14.8. The molecule has 0 atom stereocenters. The lowest BCUT2D eigenvalue weighted by Gasteiger charge is -2.16. The van der Waals surface area contributed by atoms with Crippen molar-refractivity contribution >= 4 is 34.4 Å². The maximum atomic E-state index is 12.4. The van der Waals surface area contributed by atoms with Gasteiger partial charge in [-0.2, -0.15) is 0 Å². The number of hydrogen-bond acceptors (Lipinski definition) is 4. The number of aryl methyl sites for hydroxylation is 1. The van der Waals surface area contributed by atoms with Gasteiger partial charge < -0.3 is 4.90 Å². The molecule has 0 saturated heterocycles. The number of hydrogen-bond donors (Lipinski definition) is 0. The molecule has 0 amide bonds. The Balaban J connectivity index is 2.21. The maximum Gasteiger partial charge on any atom is 0.253 e. The first kappa shape index (κ1) is 16.5. The van der Waals surface area contributed by atoms with Crippen LogP contribution in [0, 0.1) is 6.92 Å². The molecule has 6 heteroatoms. The van der Waals surface area contributed by atoms with Crippen molar-refractivity contribution in [1.29, 1.82) is 0 Å². The number of fused-ring (bicyclic) bond motifs is 3. The number of carbonyl (C=O) groups excluding carboxylic acids is 2. The number of halogens is 1. The number of rotatable bonds is 4. The van der Waals surface area contributed by atoms with Crippen LogP contribution in [0.2, 0.25) is 0 Å². The zero-order chi connectivity index (χ0) is 17.4. The fourth-order valence-corrected chi connectivity index (χ4v) is 2.99. The zero-order valence-corrected chi connectivity index (χ0v) is 14.6. The van der Waals surface area contributed by atoms with Crippen LogP contribution < -0.4 is 0 Å². The number of pyridine rings is 1. The summed E-state index contributed by atoms with van der Waals surface area (Å²) in [5.41, 5.74) is 2.88. The summed E-state index contributed by atoms with van der Waals surface area (Å²) in [7, 11) is 0. The highest BCUT2D eigenvalue weighted by atomic mass is 35.5. The molecule has 0 aromatic carbocycles. The van der Waals surface area contributed by atoms with Crippen LogP contribution in [-0.2, 0) is 4.79 Å². The molecule has 0 bridgehead atoms. The highest BCUT2D eigenvalue weighted by Gasteiger charge is 2.35. The van der Waals surface area contributed by atoms with E-state index in [1.54, 1.807) is 16.7 Å². The summed E-state index contributed by atoms with van der Waals surface area (Å²) in [6, 6.07) is 3.74. The molecule has 0 spiro atoms. The van der Waals surface area contributed by atoms with E-state index in [2.05, 4.69) is 9.88 Å². The quantitative estimate of drug-likeness (QED) is 0.800. The van der Waals surface area contributed by atoms with Crippen LogP contribution >= 0.6 is 11.6 Å². The second-order valence-corrected chi connectivity index (χ2v) is 6.04. The third kappa shape index (κ3) is 2.55. The van der Waals surface area contributed by atoms with Gasteiger partial charge in [-0.1, -0.05) is 11.6 Å². The standard InChI is InChI=1S/C18H18ClN3O2/c1-4-21(5-2)8-7-12-14(19)17(23)18(24)16-15(12)20-13-10-11(3)6-9-22(13)16/h6-10H,4-5H2,1-3H3/b8-7+. The first-order valence-corrected chi connectivity index (χ1v) is 8.25. The van der Waals surface area contributed by atoms with Crippen molar-refractivity contribution in [3.05, 3.63) is 52.6 Å². The minimum Gasteiger partial charge on any atom is -0.378 e. The Morgan fingerprint density at radius 1 is 1.25 bits per heavy atom. The van der Waals surface area contributed by atoms with Crippen LogP contribution in [0.5, 0.6) is 0 Å². The summed E-state index contributed by atoms with van der Waals surface area (Å²) >= 11 is 6.17. The van der Waals surface area contributed by atoms with E-state index >= 15 is 0 Å². The molecule has 0 radical (unpaired) electrons. The molecule has 2 aromatic rings. The number of aromatic nitrogens is 2. The number of carbonyl (C=O) groups is 2. The lowest BCUT2D eigenvalue weighted by Crippen LogP contribution is -2.23. The summed E-state index contributed by atoms with van der Waals surface area (Å²) in [5.74, 6) is -1.31. The van der Waals surface area contributed by atoms with E-state index in [1.165, 1.54) is 0 Å². The van der Waals surface area contributed by atoms with Gasteiger partial charge in [0.15, 0.2) is 0 Å². The van der Waals surface area contributed by atoms with Gasteiger partial charge in [0, 0.05) is 24.9 Å². The second kappa shape index (κ2) is 6.24. The average molecular weight is 344 g/mol. The molecule has 2 aromatic heterocycles. The van der Waals surface area contributed by atoms with Gasteiger partial charge in [-0.25, -0.2) is 4.98 Å². The van der Waals surface area contributed by atoms with Crippen molar-refractivity contribution in [2.24, 2.45) is 0 Å². The molecule has 0 N–H and O–H groups in total. The number of allylic oxidation sites excluding steroid dienone is 3. The van der Waals surface area contributed by atoms with Crippen molar-refractivity contribution in [3.63, 3.8) is 0 Å². The minimum absolute atomic E-state index is 0.0731. The molecule has 0 fully saturated rings. The van der Waals surface area contributed by atoms with Gasteiger partial charge in [-0.05, 0) is 50.7 Å². The number of nitrogens with zero attached hydrogens (tertiary/aromatic N) is 3. The lowest BCUT2D eigenvalue weighted by atomic mass is 9.97. The van der Waals surface area contributed by atoms with Crippen LogP contribution in [0.1, 0.15) is 35.6 Å². The van der Waals surface area contributed by atoms with Crippen LogP contribution in [0.3, 0.4) is 0 Å². The van der Waals surface area contributed by atoms with Crippen molar-refractivity contribution in [1.82, 2.24) is 14.3 Å². The van der Waals surface area contributed by atoms with Crippen molar-refractivity contribution < 1.29 is 9.59 Å². The van der Waals surface area contributed by atoms with E-state index in [4.69, 9.17) is 11.6 Å². The van der Waals surface area contributed by atoms with E-state index in [0.29, 0.717) is 16.9 Å². The average Bonchev–Trinajstić information content (AvgIpc) is 2.94. The van der Waals surface area contributed by atoms with Gasteiger partial charge in [0.25, 0.3) is 5.78 Å². The van der Waals surface area contributed by atoms with E-state index < -0.39 is 11.6 Å². The molecule has 5 nitrogen and oxygen atoms in total. The smallest absolute Gasteiger partial charge is 0.253 e. The Morgan fingerprint density at radius 3 is 2.62 bits per heavy atom. The molecule has 1 aliphatic carbocycles. The second-order valence-electron chi connectivity index (χ2n) is 5.66. The fraction of sp³-hybridized carbons (Fsp3) is 0.278. The van der Waals surface area contributed by atoms with Crippen molar-refractivity contribution in [2.75, 3.05) is 13.1 Å². The van der Waals surface area contributed by atoms with Gasteiger partial charge in [0.1, 0.15) is 22.1 Å². The summed E-state index contributed by atoms with van der Waals surface area (Å²) < 4.78 is 1.65. The third-order valence-corrected chi connectivity index (χ3v) is 4.53. The molecule has 2 heterocycles. The number of imidazole rings is 1. The molecule has 0 aliphatic heterocycles. The van der Waals surface area contributed by atoms with Crippen LogP contribution in [0.15, 0.2) is 35.6 Å². The van der Waals surface area contributed by atoms with Gasteiger partial charge in [0.05, 0.1) is 0 Å². The maximum absolute atomic E-state index is 12.4. The fourth-order valence-electron chi connectivity index (χ4n) is 2.75. The Kier molecular flexibility index (Phi) is 4.28. The zero-order valence-electron chi connectivity index (χ0n) is 13.8. The Bertz CT molecular complexity index is 904. The monoisotopic (exact) mass is 343 g/mol. The summed E-state index contributed by atoms with van der Waals surface area (Å²) in [4.78, 5) is 31.3. The SMILES string of the molecule is CCN(/C=C/C1=C(Cl)C(=O)C(=O)c2c1nc1cc(C)ccn21)CC. The Morgan fingerprint density at radius 2 is 1.96 bits per heavy atom. The molecule has 0 saturated carbocycles. The lowest BCUT2D eigenvalue weighted by molar-refractivity contribution is -0.111. The summed E-state index contributed by atoms with van der Waals surface area (Å²) in [6.45, 7) is 7.70. The van der Waals surface area contributed by atoms with Crippen LogP contribution in [0.4, 0.5) is 0 Å². The van der Waals surface area contributed by atoms with Gasteiger partial charge in [0.2, 0.25) is 5.78 Å². The van der Waals surface area contributed by atoms with Crippen LogP contribution in [-0.4, -0.2) is 38.9 Å². The molecule has 124 valence electrons. The summed E-state index contributed by atoms with van der Waals surface area (Å²) in [5, 5.41) is -0.0731. The minimum atomic E-state index is -0.689. The van der Waals surface area contributed by atoms with E-state index in [9.17, 15) is 9.59 Å². The highest BCUT2D eigenvalue weighted by molar-refractivity contribution is 6.64. The first-order valence-electron chi connectivity index (χ1n) is 7.88. The molecular formula is C18H18ClN3O2. The molecule has 1 aliphatic rings. The Hall–Kier alpha value is -2.40. The summed E-state index contributed by atoms with van der Waals surface area (Å²) in [6.07, 6.45) is 5.39. The van der Waals surface area contributed by atoms with Crippen molar-refractivity contribution in [3.8, 4) is 0 Å².